The first-order chi connectivity index (χ1) is 10.1. The van der Waals surface area contributed by atoms with Crippen molar-refractivity contribution in [2.45, 2.75) is 6.61 Å². The van der Waals surface area contributed by atoms with Crippen molar-refractivity contribution in [3.05, 3.63) is 64.7 Å². The number of hydrogen-bond acceptors (Lipinski definition) is 4. The molecular formula is C16H13ClO4. The fourth-order valence-corrected chi connectivity index (χ4v) is 2.30. The van der Waals surface area contributed by atoms with Crippen LogP contribution in [0.4, 0.5) is 0 Å². The number of rotatable bonds is 5. The number of ketones is 1. The van der Waals surface area contributed by atoms with Gasteiger partial charge >= 0.3 is 0 Å². The highest BCUT2D eigenvalue weighted by Gasteiger charge is 2.23. The molecule has 5 heteroatoms. The topological polar surface area (TPSA) is 63.6 Å². The van der Waals surface area contributed by atoms with Crippen molar-refractivity contribution in [3.8, 4) is 5.75 Å². The van der Waals surface area contributed by atoms with Gasteiger partial charge in [-0.25, -0.2) is 0 Å². The van der Waals surface area contributed by atoms with Crippen molar-refractivity contribution in [2.24, 2.45) is 0 Å². The van der Waals surface area contributed by atoms with Crippen LogP contribution in [0.3, 0.4) is 0 Å². The van der Waals surface area contributed by atoms with Gasteiger partial charge < -0.3 is 9.84 Å². The molecule has 0 aliphatic rings. The molecule has 0 radical (unpaired) electrons. The zero-order chi connectivity index (χ0) is 15.4. The van der Waals surface area contributed by atoms with Crippen LogP contribution >= 0.6 is 11.6 Å². The molecule has 0 spiro atoms. The van der Waals surface area contributed by atoms with Gasteiger partial charge in [0.15, 0.2) is 5.78 Å². The lowest BCUT2D eigenvalue weighted by Crippen LogP contribution is -2.11. The minimum absolute atomic E-state index is 0.0282. The molecular weight excluding hydrogens is 292 g/mol. The van der Waals surface area contributed by atoms with E-state index < -0.39 is 5.24 Å². The quantitative estimate of drug-likeness (QED) is 0.681. The number of ether oxygens (including phenoxy) is 1. The van der Waals surface area contributed by atoms with Crippen LogP contribution in [0, 0.1) is 0 Å². The number of carbonyl (C=O) groups is 2. The Balaban J connectivity index is 2.64. The van der Waals surface area contributed by atoms with E-state index in [2.05, 4.69) is 0 Å². The molecule has 0 fully saturated rings. The summed E-state index contributed by atoms with van der Waals surface area (Å²) in [6.45, 7) is -0.319. The summed E-state index contributed by atoms with van der Waals surface area (Å²) in [5.41, 5.74) is 0.955. The molecule has 1 N–H and O–H groups in total. The summed E-state index contributed by atoms with van der Waals surface area (Å²) in [6, 6.07) is 11.6. The lowest BCUT2D eigenvalue weighted by atomic mass is 9.96. The Morgan fingerprint density at radius 3 is 2.33 bits per heavy atom. The standard InChI is InChI=1S/C16H13ClO4/c1-21-15-11(9-18)7-8-12(13(15)16(17)20)14(19)10-5-3-2-4-6-10/h2-8,18H,9H2,1H3. The van der Waals surface area contributed by atoms with E-state index >= 15 is 0 Å². The van der Waals surface area contributed by atoms with Crippen LogP contribution in [0.15, 0.2) is 42.5 Å². The highest BCUT2D eigenvalue weighted by atomic mass is 35.5. The molecule has 4 nitrogen and oxygen atoms in total. The molecule has 0 aromatic heterocycles. The molecule has 0 saturated carbocycles. The van der Waals surface area contributed by atoms with Gasteiger partial charge in [0.05, 0.1) is 19.3 Å². The molecule has 0 aliphatic carbocycles. The van der Waals surface area contributed by atoms with Crippen LogP contribution in [-0.4, -0.2) is 23.2 Å². The zero-order valence-electron chi connectivity index (χ0n) is 11.3. The fourth-order valence-electron chi connectivity index (χ4n) is 2.11. The van der Waals surface area contributed by atoms with Crippen molar-refractivity contribution in [2.75, 3.05) is 7.11 Å². The van der Waals surface area contributed by atoms with Crippen molar-refractivity contribution < 1.29 is 19.4 Å². The summed E-state index contributed by atoms with van der Waals surface area (Å²) in [6.07, 6.45) is 0. The van der Waals surface area contributed by atoms with E-state index in [1.54, 1.807) is 36.4 Å². The first-order valence-corrected chi connectivity index (χ1v) is 6.58. The largest absolute Gasteiger partial charge is 0.496 e. The smallest absolute Gasteiger partial charge is 0.256 e. The van der Waals surface area contributed by atoms with Crippen molar-refractivity contribution >= 4 is 22.6 Å². The molecule has 0 amide bonds. The van der Waals surface area contributed by atoms with Crippen LogP contribution in [-0.2, 0) is 6.61 Å². The van der Waals surface area contributed by atoms with Crippen molar-refractivity contribution in [3.63, 3.8) is 0 Å². The Labute approximate surface area is 126 Å². The predicted octanol–water partition coefficient (Wildman–Crippen LogP) is 2.80. The molecule has 21 heavy (non-hydrogen) atoms. The number of aliphatic hydroxyl groups excluding tert-OH is 1. The number of halogens is 1. The molecule has 108 valence electrons. The van der Waals surface area contributed by atoms with Gasteiger partial charge in [-0.05, 0) is 17.7 Å². The lowest BCUT2D eigenvalue weighted by molar-refractivity contribution is 0.102. The van der Waals surface area contributed by atoms with Crippen molar-refractivity contribution in [1.82, 2.24) is 0 Å². The number of methoxy groups -OCH3 is 1. The number of aliphatic hydroxyl groups is 1. The highest BCUT2D eigenvalue weighted by Crippen LogP contribution is 2.30. The summed E-state index contributed by atoms with van der Waals surface area (Å²) >= 11 is 5.60. The summed E-state index contributed by atoms with van der Waals surface area (Å²) in [5.74, 6) is -0.207. The highest BCUT2D eigenvalue weighted by molar-refractivity contribution is 6.68. The molecule has 0 aliphatic heterocycles. The Bertz CT molecular complexity index is 680. The zero-order valence-corrected chi connectivity index (χ0v) is 12.1. The summed E-state index contributed by atoms with van der Waals surface area (Å²) in [5, 5.41) is 8.48. The third-order valence-electron chi connectivity index (χ3n) is 3.09. The summed E-state index contributed by atoms with van der Waals surface area (Å²) < 4.78 is 5.14. The van der Waals surface area contributed by atoms with Gasteiger partial charge in [0.25, 0.3) is 5.24 Å². The van der Waals surface area contributed by atoms with E-state index in [1.807, 2.05) is 0 Å². The Hall–Kier alpha value is -2.17. The lowest BCUT2D eigenvalue weighted by Gasteiger charge is -2.13. The molecule has 0 saturated heterocycles. The fraction of sp³-hybridized carbons (Fsp3) is 0.125. The minimum atomic E-state index is -0.804. The molecule has 2 aromatic carbocycles. The monoisotopic (exact) mass is 304 g/mol. The van der Waals surface area contributed by atoms with Gasteiger partial charge in [0, 0.05) is 16.7 Å². The minimum Gasteiger partial charge on any atom is -0.496 e. The summed E-state index contributed by atoms with van der Waals surface area (Å²) in [4.78, 5) is 24.2. The van der Waals surface area contributed by atoms with E-state index in [9.17, 15) is 14.7 Å². The maximum absolute atomic E-state index is 12.5. The van der Waals surface area contributed by atoms with Crippen LogP contribution in [0.2, 0.25) is 0 Å². The molecule has 0 heterocycles. The Kier molecular flexibility index (Phi) is 4.73. The molecule has 0 bridgehead atoms. The summed E-state index contributed by atoms with van der Waals surface area (Å²) in [7, 11) is 1.36. The van der Waals surface area contributed by atoms with E-state index in [1.165, 1.54) is 13.2 Å². The van der Waals surface area contributed by atoms with E-state index in [0.29, 0.717) is 11.1 Å². The van der Waals surface area contributed by atoms with Crippen LogP contribution < -0.4 is 4.74 Å². The molecule has 0 atom stereocenters. The Morgan fingerprint density at radius 2 is 1.81 bits per heavy atom. The number of hydrogen-bond donors (Lipinski definition) is 1. The average Bonchev–Trinajstić information content (AvgIpc) is 2.53. The van der Waals surface area contributed by atoms with Crippen LogP contribution in [0.25, 0.3) is 0 Å². The Morgan fingerprint density at radius 1 is 1.14 bits per heavy atom. The van der Waals surface area contributed by atoms with Gasteiger partial charge in [0.1, 0.15) is 5.75 Å². The maximum atomic E-state index is 12.5. The molecule has 0 unspecified atom stereocenters. The molecule has 2 aromatic rings. The maximum Gasteiger partial charge on any atom is 0.256 e. The van der Waals surface area contributed by atoms with Crippen molar-refractivity contribution in [1.29, 1.82) is 0 Å². The second-order valence-corrected chi connectivity index (χ2v) is 4.65. The van der Waals surface area contributed by atoms with Gasteiger partial charge in [-0.2, -0.15) is 0 Å². The second kappa shape index (κ2) is 6.52. The van der Waals surface area contributed by atoms with E-state index in [4.69, 9.17) is 16.3 Å². The predicted molar refractivity (Wildman–Crippen MR) is 79.0 cm³/mol. The van der Waals surface area contributed by atoms with E-state index in [-0.39, 0.29) is 29.3 Å². The third kappa shape index (κ3) is 2.96. The van der Waals surface area contributed by atoms with Gasteiger partial charge in [0.2, 0.25) is 0 Å². The van der Waals surface area contributed by atoms with Gasteiger partial charge in [-0.1, -0.05) is 36.4 Å². The SMILES string of the molecule is COc1c(CO)ccc(C(=O)c2ccccc2)c1C(=O)Cl. The normalized spacial score (nSPS) is 10.2. The number of benzene rings is 2. The van der Waals surface area contributed by atoms with Gasteiger partial charge in [-0.15, -0.1) is 0 Å². The first-order valence-electron chi connectivity index (χ1n) is 6.20. The van der Waals surface area contributed by atoms with Gasteiger partial charge in [-0.3, -0.25) is 9.59 Å². The molecule has 2 rings (SSSR count). The van der Waals surface area contributed by atoms with Crippen LogP contribution in [0.1, 0.15) is 31.8 Å². The average molecular weight is 305 g/mol. The van der Waals surface area contributed by atoms with E-state index in [0.717, 1.165) is 0 Å². The first kappa shape index (κ1) is 15.2. The van der Waals surface area contributed by atoms with Crippen LogP contribution in [0.5, 0.6) is 5.75 Å². The second-order valence-electron chi connectivity index (χ2n) is 4.31. The number of carbonyl (C=O) groups excluding carboxylic acids is 2. The third-order valence-corrected chi connectivity index (χ3v) is 3.28.